The highest BCUT2D eigenvalue weighted by molar-refractivity contribution is 14.1. The first kappa shape index (κ1) is 38.4. The zero-order chi connectivity index (χ0) is 34.8. The Morgan fingerprint density at radius 1 is 0.898 bits per heavy atom. The first-order chi connectivity index (χ1) is 23.8. The number of hydrogen-bond acceptors (Lipinski definition) is 10. The first-order valence-corrected chi connectivity index (χ1v) is 18.9. The average molecular weight is 811 g/mol. The van der Waals surface area contributed by atoms with E-state index in [1.807, 2.05) is 34.4 Å². The lowest BCUT2D eigenvalue weighted by Gasteiger charge is -2.18. The summed E-state index contributed by atoms with van der Waals surface area (Å²) in [6.45, 7) is 1.82. The Hall–Kier alpha value is -3.41. The lowest BCUT2D eigenvalue weighted by atomic mass is 9.99. The van der Waals surface area contributed by atoms with Gasteiger partial charge in [-0.1, -0.05) is 71.5 Å². The summed E-state index contributed by atoms with van der Waals surface area (Å²) in [4.78, 5) is 61.0. The number of unbranched alkanes of at least 4 members (excludes halogenated alkanes) is 1. The largest absolute Gasteiger partial charge is 0.484 e. The zero-order valence-corrected chi connectivity index (χ0v) is 30.1. The Bertz CT molecular complexity index is 1400. The predicted molar refractivity (Wildman–Crippen MR) is 192 cm³/mol. The summed E-state index contributed by atoms with van der Waals surface area (Å²) >= 11 is 3.76. The Morgan fingerprint density at radius 2 is 1.63 bits per heavy atom. The van der Waals surface area contributed by atoms with Gasteiger partial charge in [-0.2, -0.15) is 11.8 Å². The number of rotatable bonds is 22. The molecule has 0 aliphatic carbocycles. The average Bonchev–Trinajstić information content (AvgIpc) is 3.67. The van der Waals surface area contributed by atoms with Crippen LogP contribution in [0.25, 0.3) is 0 Å². The van der Waals surface area contributed by atoms with Gasteiger partial charge in [0.05, 0.1) is 42.9 Å². The van der Waals surface area contributed by atoms with E-state index in [-0.39, 0.29) is 59.9 Å². The summed E-state index contributed by atoms with van der Waals surface area (Å²) in [6.07, 6.45) is 2.05. The number of nitrogens with one attached hydrogen (secondary N) is 4. The van der Waals surface area contributed by atoms with Crippen molar-refractivity contribution in [3.63, 3.8) is 0 Å². The number of alkyl halides is 1. The lowest BCUT2D eigenvalue weighted by Crippen LogP contribution is -2.36. The van der Waals surface area contributed by atoms with Crippen LogP contribution in [0.2, 0.25) is 0 Å². The van der Waals surface area contributed by atoms with E-state index in [1.165, 1.54) is 0 Å². The van der Waals surface area contributed by atoms with Gasteiger partial charge in [0.25, 0.3) is 5.91 Å². The molecule has 13 nitrogen and oxygen atoms in total. The summed E-state index contributed by atoms with van der Waals surface area (Å²) in [6, 6.07) is 15.5. The molecule has 0 spiro atoms. The second-order valence-electron chi connectivity index (χ2n) is 11.4. The number of halogens is 1. The normalized spacial score (nSPS) is 18.5. The molecule has 266 valence electrons. The van der Waals surface area contributed by atoms with E-state index in [0.29, 0.717) is 54.9 Å². The van der Waals surface area contributed by atoms with Gasteiger partial charge in [0.1, 0.15) is 5.75 Å². The van der Waals surface area contributed by atoms with Crippen LogP contribution in [0.1, 0.15) is 47.7 Å². The molecule has 4 atom stereocenters. The number of Topliss-reactive ketones (excluding diaryl/α,β-unsaturated/α-hetero) is 1. The fourth-order valence-corrected chi connectivity index (χ4v) is 7.09. The zero-order valence-electron chi connectivity index (χ0n) is 27.2. The number of carbonyl (C=O) groups is 5. The third kappa shape index (κ3) is 13.1. The van der Waals surface area contributed by atoms with E-state index >= 15 is 0 Å². The molecule has 2 fully saturated rings. The minimum absolute atomic E-state index is 0.000343. The SMILES string of the molecule is O=C(CCCC[C@@H]1SC[C@@H]2NC(=O)N[C@@H]21)NCCOCCOCCNC(=O)COc1cccc(C(OC(=O)CI)C(=O)c2ccccc2)c1. The molecule has 15 heteroatoms. The van der Waals surface area contributed by atoms with Gasteiger partial charge < -0.3 is 40.2 Å². The van der Waals surface area contributed by atoms with Crippen molar-refractivity contribution >= 4 is 64.0 Å². The number of hydrogen-bond donors (Lipinski definition) is 4. The number of ether oxygens (including phenoxy) is 4. The predicted octanol–water partition coefficient (Wildman–Crippen LogP) is 2.96. The van der Waals surface area contributed by atoms with Crippen molar-refractivity contribution in [3.8, 4) is 5.75 Å². The lowest BCUT2D eigenvalue weighted by molar-refractivity contribution is -0.143. The maximum atomic E-state index is 13.1. The van der Waals surface area contributed by atoms with Gasteiger partial charge in [0, 0.05) is 41.6 Å². The van der Waals surface area contributed by atoms with E-state index < -0.39 is 12.1 Å². The van der Waals surface area contributed by atoms with Crippen LogP contribution in [-0.2, 0) is 28.6 Å². The summed E-state index contributed by atoms with van der Waals surface area (Å²) < 4.78 is 22.2. The topological polar surface area (TPSA) is 170 Å². The third-order valence-corrected chi connectivity index (χ3v) is 9.91. The highest BCUT2D eigenvalue weighted by atomic mass is 127. The van der Waals surface area contributed by atoms with Gasteiger partial charge in [-0.3, -0.25) is 19.2 Å². The maximum absolute atomic E-state index is 13.1. The van der Waals surface area contributed by atoms with E-state index in [1.54, 1.807) is 54.6 Å². The Kier molecular flexibility index (Phi) is 16.4. The van der Waals surface area contributed by atoms with Crippen molar-refractivity contribution in [3.05, 3.63) is 65.7 Å². The van der Waals surface area contributed by atoms with Crippen LogP contribution in [0.15, 0.2) is 54.6 Å². The summed E-state index contributed by atoms with van der Waals surface area (Å²) in [5.74, 6) is 0.0620. The number of fused-ring (bicyclic) bond motifs is 1. The fourth-order valence-electron chi connectivity index (χ4n) is 5.37. The molecule has 0 radical (unpaired) electrons. The third-order valence-electron chi connectivity index (χ3n) is 7.78. The molecule has 2 heterocycles. The molecule has 2 aliphatic rings. The van der Waals surface area contributed by atoms with Crippen LogP contribution < -0.4 is 26.0 Å². The number of carbonyl (C=O) groups excluding carboxylic acids is 5. The Labute approximate surface area is 303 Å². The molecular formula is C34H43IN4O9S. The summed E-state index contributed by atoms with van der Waals surface area (Å²) in [5.41, 5.74) is 0.846. The number of esters is 1. The van der Waals surface area contributed by atoms with Gasteiger partial charge in [0.15, 0.2) is 12.7 Å². The van der Waals surface area contributed by atoms with Gasteiger partial charge in [-0.15, -0.1) is 0 Å². The Balaban J connectivity index is 1.00. The molecule has 4 rings (SSSR count). The van der Waals surface area contributed by atoms with Gasteiger partial charge >= 0.3 is 12.0 Å². The molecule has 2 saturated heterocycles. The van der Waals surface area contributed by atoms with E-state index in [4.69, 9.17) is 18.9 Å². The molecular weight excluding hydrogens is 767 g/mol. The van der Waals surface area contributed by atoms with Crippen LogP contribution in [0.5, 0.6) is 5.75 Å². The van der Waals surface area contributed by atoms with Crippen molar-refractivity contribution in [2.24, 2.45) is 0 Å². The number of amides is 4. The van der Waals surface area contributed by atoms with Crippen molar-refractivity contribution in [2.45, 2.75) is 49.1 Å². The van der Waals surface area contributed by atoms with Crippen LogP contribution in [0.4, 0.5) is 4.79 Å². The highest BCUT2D eigenvalue weighted by Crippen LogP contribution is 2.33. The van der Waals surface area contributed by atoms with E-state index in [2.05, 4.69) is 21.3 Å². The summed E-state index contributed by atoms with van der Waals surface area (Å²) in [5, 5.41) is 11.9. The number of ketones is 1. The number of benzene rings is 2. The molecule has 0 aromatic heterocycles. The smallest absolute Gasteiger partial charge is 0.316 e. The van der Waals surface area contributed by atoms with Crippen LogP contribution in [0.3, 0.4) is 0 Å². The number of urea groups is 1. The van der Waals surface area contributed by atoms with Crippen molar-refractivity contribution in [1.29, 1.82) is 0 Å². The molecule has 4 N–H and O–H groups in total. The second-order valence-corrected chi connectivity index (χ2v) is 13.4. The van der Waals surface area contributed by atoms with E-state index in [9.17, 15) is 24.0 Å². The Morgan fingerprint density at radius 3 is 2.37 bits per heavy atom. The standard InChI is InChI=1S/C34H43IN4O9S/c35-20-30(42)48-33(32(43)23-7-2-1-3-8-23)24-9-6-10-25(19-24)47-21-29(41)37-14-16-46-18-17-45-15-13-36-28(40)12-5-4-11-27-31-26(22-49-27)38-34(44)39-31/h1-3,6-10,19,26-27,31,33H,4-5,11-18,20-22H2,(H,36,40)(H,37,41)(H2,38,39,44)/t26-,27-,31-,33?/m0/s1. The number of thioether (sulfide) groups is 1. The monoisotopic (exact) mass is 810 g/mol. The minimum atomic E-state index is -1.14. The molecule has 1 unspecified atom stereocenters. The molecule has 49 heavy (non-hydrogen) atoms. The van der Waals surface area contributed by atoms with Crippen LogP contribution in [-0.4, -0.2) is 103 Å². The summed E-state index contributed by atoms with van der Waals surface area (Å²) in [7, 11) is 0. The van der Waals surface area contributed by atoms with Gasteiger partial charge in [-0.25, -0.2) is 4.79 Å². The maximum Gasteiger partial charge on any atom is 0.316 e. The van der Waals surface area contributed by atoms with Crippen molar-refractivity contribution < 1.29 is 42.9 Å². The molecule has 4 amide bonds. The molecule has 2 aromatic rings. The van der Waals surface area contributed by atoms with Crippen molar-refractivity contribution in [2.75, 3.05) is 56.3 Å². The van der Waals surface area contributed by atoms with Gasteiger partial charge in [0.2, 0.25) is 11.7 Å². The van der Waals surface area contributed by atoms with Crippen molar-refractivity contribution in [1.82, 2.24) is 21.3 Å². The molecule has 0 bridgehead atoms. The van der Waals surface area contributed by atoms with Crippen LogP contribution in [0, 0.1) is 0 Å². The molecule has 2 aliphatic heterocycles. The van der Waals surface area contributed by atoms with E-state index in [0.717, 1.165) is 25.0 Å². The van der Waals surface area contributed by atoms with Gasteiger partial charge in [-0.05, 0) is 25.0 Å². The molecule has 0 saturated carbocycles. The quantitative estimate of drug-likeness (QED) is 0.0347. The fraction of sp³-hybridized carbons (Fsp3) is 0.500. The molecule has 2 aromatic carbocycles. The second kappa shape index (κ2) is 21.0. The highest BCUT2D eigenvalue weighted by Gasteiger charge is 2.42. The van der Waals surface area contributed by atoms with Crippen LogP contribution >= 0.6 is 34.4 Å². The minimum Gasteiger partial charge on any atom is -0.484 e. The first-order valence-electron chi connectivity index (χ1n) is 16.3.